The van der Waals surface area contributed by atoms with E-state index in [-0.39, 0.29) is 17.7 Å². The lowest BCUT2D eigenvalue weighted by molar-refractivity contribution is -0.385. The predicted molar refractivity (Wildman–Crippen MR) is 79.9 cm³/mol. The third kappa shape index (κ3) is 4.16. The molecule has 1 aromatic rings. The lowest BCUT2D eigenvalue weighted by Gasteiger charge is -2.29. The summed E-state index contributed by atoms with van der Waals surface area (Å²) in [6.07, 6.45) is 1.70. The molecule has 1 rings (SSSR count). The van der Waals surface area contributed by atoms with Crippen LogP contribution in [0.15, 0.2) is 18.2 Å². The predicted octanol–water partition coefficient (Wildman–Crippen LogP) is 3.14. The fourth-order valence-corrected chi connectivity index (χ4v) is 2.31. The number of rotatable bonds is 8. The third-order valence-corrected chi connectivity index (χ3v) is 4.12. The lowest BCUT2D eigenvalue weighted by atomic mass is 9.83. The van der Waals surface area contributed by atoms with Crippen molar-refractivity contribution >= 4 is 17.3 Å². The Morgan fingerprint density at radius 2 is 2.05 bits per heavy atom. The van der Waals surface area contributed by atoms with Gasteiger partial charge in [0.2, 0.25) is 0 Å². The van der Waals surface area contributed by atoms with Gasteiger partial charge in [-0.25, -0.2) is 0 Å². The van der Waals surface area contributed by atoms with Gasteiger partial charge >= 0.3 is 0 Å². The van der Waals surface area contributed by atoms with Crippen molar-refractivity contribution in [2.24, 2.45) is 5.41 Å². The minimum absolute atomic E-state index is 0.0597. The Bertz CT molecular complexity index is 453. The highest BCUT2D eigenvalue weighted by molar-refractivity contribution is 6.30. The van der Waals surface area contributed by atoms with E-state index < -0.39 is 4.92 Å². The van der Waals surface area contributed by atoms with Gasteiger partial charge in [-0.1, -0.05) is 25.4 Å². The van der Waals surface area contributed by atoms with Crippen LogP contribution in [-0.2, 0) is 6.54 Å². The molecule has 0 atom stereocenters. The molecule has 112 valence electrons. The van der Waals surface area contributed by atoms with Gasteiger partial charge in [-0.2, -0.15) is 0 Å². The Morgan fingerprint density at radius 1 is 1.40 bits per heavy atom. The second kappa shape index (κ2) is 7.57. The summed E-state index contributed by atoms with van der Waals surface area (Å²) in [6.45, 7) is 5.13. The third-order valence-electron chi connectivity index (χ3n) is 3.89. The smallest absolute Gasteiger partial charge is 0.273 e. The zero-order valence-corrected chi connectivity index (χ0v) is 12.6. The Labute approximate surface area is 124 Å². The molecule has 0 bridgehead atoms. The van der Waals surface area contributed by atoms with Gasteiger partial charge < -0.3 is 10.4 Å². The molecule has 0 spiro atoms. The van der Waals surface area contributed by atoms with Crippen molar-refractivity contribution in [2.45, 2.75) is 33.2 Å². The molecule has 6 heteroatoms. The van der Waals surface area contributed by atoms with Crippen LogP contribution in [0.4, 0.5) is 5.69 Å². The summed E-state index contributed by atoms with van der Waals surface area (Å²) in [6, 6.07) is 4.53. The Morgan fingerprint density at radius 3 is 2.55 bits per heavy atom. The van der Waals surface area contributed by atoms with Gasteiger partial charge in [0.25, 0.3) is 5.69 Å². The Hall–Kier alpha value is -1.17. The molecular formula is C14H21ClN2O3. The average molecular weight is 301 g/mol. The molecular weight excluding hydrogens is 280 g/mol. The summed E-state index contributed by atoms with van der Waals surface area (Å²) in [5.74, 6) is 0. The van der Waals surface area contributed by atoms with Gasteiger partial charge in [0.05, 0.1) is 4.92 Å². The van der Waals surface area contributed by atoms with E-state index in [4.69, 9.17) is 11.6 Å². The SMILES string of the molecule is CCC(CC)(CO)CNCc1cc(Cl)ccc1[N+](=O)[O-]. The summed E-state index contributed by atoms with van der Waals surface area (Å²) in [5, 5.41) is 24.1. The van der Waals surface area contributed by atoms with Crippen LogP contribution in [0.1, 0.15) is 32.3 Å². The second-order valence-electron chi connectivity index (χ2n) is 5.00. The van der Waals surface area contributed by atoms with Crippen LogP contribution in [0.5, 0.6) is 0 Å². The molecule has 0 saturated heterocycles. The van der Waals surface area contributed by atoms with E-state index in [2.05, 4.69) is 5.32 Å². The topological polar surface area (TPSA) is 75.4 Å². The summed E-state index contributed by atoms with van der Waals surface area (Å²) in [4.78, 5) is 10.5. The highest BCUT2D eigenvalue weighted by Gasteiger charge is 2.25. The fourth-order valence-electron chi connectivity index (χ4n) is 2.12. The van der Waals surface area contributed by atoms with Crippen molar-refractivity contribution in [3.8, 4) is 0 Å². The number of nitrogens with one attached hydrogen (secondary N) is 1. The molecule has 0 aliphatic heterocycles. The van der Waals surface area contributed by atoms with Crippen molar-refractivity contribution in [3.05, 3.63) is 38.9 Å². The number of nitro benzene ring substituents is 1. The van der Waals surface area contributed by atoms with Crippen LogP contribution in [-0.4, -0.2) is 23.2 Å². The van der Waals surface area contributed by atoms with Gasteiger partial charge in [-0.05, 0) is 25.0 Å². The highest BCUT2D eigenvalue weighted by atomic mass is 35.5. The van der Waals surface area contributed by atoms with Gasteiger partial charge in [0.1, 0.15) is 0 Å². The normalized spacial score (nSPS) is 11.6. The van der Waals surface area contributed by atoms with E-state index in [1.807, 2.05) is 13.8 Å². The molecule has 0 unspecified atom stereocenters. The maximum absolute atomic E-state index is 11.0. The molecule has 0 fully saturated rings. The van der Waals surface area contributed by atoms with Crippen molar-refractivity contribution < 1.29 is 10.0 Å². The Kier molecular flexibility index (Phi) is 6.39. The summed E-state index contributed by atoms with van der Waals surface area (Å²) < 4.78 is 0. The van der Waals surface area contributed by atoms with Crippen molar-refractivity contribution in [1.82, 2.24) is 5.32 Å². The van der Waals surface area contributed by atoms with Gasteiger partial charge in [-0.15, -0.1) is 0 Å². The molecule has 0 heterocycles. The summed E-state index contributed by atoms with van der Waals surface area (Å²) in [5.41, 5.74) is 0.443. The van der Waals surface area contributed by atoms with Crippen molar-refractivity contribution in [1.29, 1.82) is 0 Å². The number of aliphatic hydroxyl groups excluding tert-OH is 1. The maximum Gasteiger partial charge on any atom is 0.273 e. The summed E-state index contributed by atoms with van der Waals surface area (Å²) in [7, 11) is 0. The second-order valence-corrected chi connectivity index (χ2v) is 5.44. The number of nitrogens with zero attached hydrogens (tertiary/aromatic N) is 1. The highest BCUT2D eigenvalue weighted by Crippen LogP contribution is 2.26. The monoisotopic (exact) mass is 300 g/mol. The quantitative estimate of drug-likeness (QED) is 0.571. The molecule has 0 aliphatic rings. The molecule has 0 radical (unpaired) electrons. The number of halogens is 1. The van der Waals surface area contributed by atoms with E-state index >= 15 is 0 Å². The number of aliphatic hydroxyl groups is 1. The van der Waals surface area contributed by atoms with Gasteiger partial charge in [-0.3, -0.25) is 10.1 Å². The minimum Gasteiger partial charge on any atom is -0.396 e. The first kappa shape index (κ1) is 16.9. The first-order valence-corrected chi connectivity index (χ1v) is 7.10. The fraction of sp³-hybridized carbons (Fsp3) is 0.571. The van der Waals surface area contributed by atoms with Crippen LogP contribution in [0.2, 0.25) is 5.02 Å². The number of nitro groups is 1. The molecule has 2 N–H and O–H groups in total. The van der Waals surface area contributed by atoms with E-state index in [9.17, 15) is 15.2 Å². The standard InChI is InChI=1S/C14H21ClN2O3/c1-3-14(4-2,10-18)9-16-8-11-7-12(15)5-6-13(11)17(19)20/h5-7,16,18H,3-4,8-10H2,1-2H3. The largest absolute Gasteiger partial charge is 0.396 e. The molecule has 0 aromatic heterocycles. The van der Waals surface area contributed by atoms with Crippen LogP contribution in [0, 0.1) is 15.5 Å². The first-order valence-electron chi connectivity index (χ1n) is 6.72. The van der Waals surface area contributed by atoms with E-state index in [1.165, 1.54) is 12.1 Å². The van der Waals surface area contributed by atoms with Crippen LogP contribution < -0.4 is 5.32 Å². The van der Waals surface area contributed by atoms with Crippen LogP contribution in [0.25, 0.3) is 0 Å². The molecule has 5 nitrogen and oxygen atoms in total. The van der Waals surface area contributed by atoms with E-state index in [0.29, 0.717) is 23.7 Å². The summed E-state index contributed by atoms with van der Waals surface area (Å²) >= 11 is 5.88. The molecule has 20 heavy (non-hydrogen) atoms. The van der Waals surface area contributed by atoms with E-state index in [0.717, 1.165) is 12.8 Å². The van der Waals surface area contributed by atoms with Gasteiger partial charge in [0, 0.05) is 41.8 Å². The van der Waals surface area contributed by atoms with Crippen molar-refractivity contribution in [3.63, 3.8) is 0 Å². The molecule has 1 aromatic carbocycles. The Balaban J connectivity index is 2.75. The molecule has 0 aliphatic carbocycles. The first-order chi connectivity index (χ1) is 9.48. The van der Waals surface area contributed by atoms with Crippen molar-refractivity contribution in [2.75, 3.05) is 13.2 Å². The zero-order valence-electron chi connectivity index (χ0n) is 11.9. The zero-order chi connectivity index (χ0) is 15.2. The van der Waals surface area contributed by atoms with Crippen LogP contribution in [0.3, 0.4) is 0 Å². The molecule has 0 amide bonds. The van der Waals surface area contributed by atoms with E-state index in [1.54, 1.807) is 6.07 Å². The maximum atomic E-state index is 11.0. The average Bonchev–Trinajstić information content (AvgIpc) is 2.44. The van der Waals surface area contributed by atoms with Gasteiger partial charge in [0.15, 0.2) is 0 Å². The number of hydrogen-bond donors (Lipinski definition) is 2. The lowest BCUT2D eigenvalue weighted by Crippen LogP contribution is -2.36. The minimum atomic E-state index is -0.410. The molecule has 0 saturated carbocycles. The number of hydrogen-bond acceptors (Lipinski definition) is 4. The van der Waals surface area contributed by atoms with Crippen LogP contribution >= 0.6 is 11.6 Å². The number of benzene rings is 1.